The molecule has 0 radical (unpaired) electrons. The molecule has 2 N–H and O–H groups in total. The van der Waals surface area contributed by atoms with Gasteiger partial charge >= 0.3 is 0 Å². The van der Waals surface area contributed by atoms with Gasteiger partial charge in [-0.25, -0.2) is 0 Å². The van der Waals surface area contributed by atoms with Crippen molar-refractivity contribution in [3.63, 3.8) is 0 Å². The van der Waals surface area contributed by atoms with Gasteiger partial charge < -0.3 is 10.6 Å². The van der Waals surface area contributed by atoms with E-state index in [9.17, 15) is 18.0 Å². The molecule has 2 aromatic carbocycles. The predicted octanol–water partition coefficient (Wildman–Crippen LogP) is 4.76. The molecule has 8 heteroatoms. The lowest BCUT2D eigenvalue weighted by atomic mass is 9.92. The molecule has 0 aromatic heterocycles. The topological polar surface area (TPSA) is 102 Å². The maximum Gasteiger partial charge on any atom is 0.264 e. The van der Waals surface area contributed by atoms with Gasteiger partial charge in [0, 0.05) is 29.1 Å². The van der Waals surface area contributed by atoms with Crippen LogP contribution in [-0.2, 0) is 23.9 Å². The molecule has 0 saturated heterocycles. The zero-order valence-electron chi connectivity index (χ0n) is 20.9. The second-order valence-electron chi connectivity index (χ2n) is 11.3. The highest BCUT2D eigenvalue weighted by atomic mass is 32.2. The molecule has 35 heavy (non-hydrogen) atoms. The molecule has 2 amide bonds. The summed E-state index contributed by atoms with van der Waals surface area (Å²) in [4.78, 5) is 24.8. The lowest BCUT2D eigenvalue weighted by Crippen LogP contribution is -2.17. The molecule has 0 heterocycles. The number of nitrogens with one attached hydrogen (secondary N) is 2. The molecule has 2 atom stereocenters. The van der Waals surface area contributed by atoms with E-state index in [1.165, 1.54) is 0 Å². The van der Waals surface area contributed by atoms with Crippen LogP contribution >= 0.6 is 0 Å². The summed E-state index contributed by atoms with van der Waals surface area (Å²) in [6.07, 6.45) is 2.80. The minimum atomic E-state index is -3.62. The highest BCUT2D eigenvalue weighted by Gasteiger charge is 2.51. The maximum absolute atomic E-state index is 12.4. The maximum atomic E-state index is 12.4. The first-order valence-corrected chi connectivity index (χ1v) is 13.7. The van der Waals surface area contributed by atoms with E-state index in [1.807, 2.05) is 48.5 Å². The zero-order chi connectivity index (χ0) is 25.6. The number of benzene rings is 2. The Morgan fingerprint density at radius 3 is 1.46 bits per heavy atom. The Balaban J connectivity index is 1.47. The Morgan fingerprint density at radius 1 is 0.829 bits per heavy atom. The van der Waals surface area contributed by atoms with Crippen molar-refractivity contribution in [2.24, 2.45) is 22.7 Å². The molecule has 2 aliphatic rings. The van der Waals surface area contributed by atoms with E-state index < -0.39 is 10.1 Å². The van der Waals surface area contributed by atoms with Gasteiger partial charge in [-0.15, -0.1) is 0 Å². The van der Waals surface area contributed by atoms with E-state index >= 15 is 0 Å². The van der Waals surface area contributed by atoms with Crippen molar-refractivity contribution >= 4 is 33.3 Å². The fourth-order valence-corrected chi connectivity index (χ4v) is 4.85. The minimum absolute atomic E-state index is 0.0203. The lowest BCUT2D eigenvalue weighted by molar-refractivity contribution is -0.118. The Kier molecular flexibility index (Phi) is 6.57. The van der Waals surface area contributed by atoms with E-state index in [4.69, 9.17) is 4.18 Å². The van der Waals surface area contributed by atoms with Crippen molar-refractivity contribution < 1.29 is 22.2 Å². The molecular weight excluding hydrogens is 464 g/mol. The second kappa shape index (κ2) is 9.06. The van der Waals surface area contributed by atoms with Crippen LogP contribution in [0.2, 0.25) is 0 Å². The molecule has 0 bridgehead atoms. The first kappa shape index (κ1) is 25.4. The number of anilines is 2. The Morgan fingerprint density at radius 2 is 1.17 bits per heavy atom. The Labute approximate surface area is 207 Å². The molecular formula is C27H34N2O5S. The van der Waals surface area contributed by atoms with Crippen LogP contribution in [0.1, 0.15) is 57.6 Å². The fourth-order valence-electron chi connectivity index (χ4n) is 4.46. The number of carbonyl (C=O) groups excluding carboxylic acids is 2. The van der Waals surface area contributed by atoms with Crippen LogP contribution in [0.5, 0.6) is 0 Å². The van der Waals surface area contributed by atoms with E-state index in [0.717, 1.165) is 30.2 Å². The van der Waals surface area contributed by atoms with Gasteiger partial charge in [0.15, 0.2) is 0 Å². The van der Waals surface area contributed by atoms with Gasteiger partial charge in [0.2, 0.25) is 11.8 Å². The third-order valence-corrected chi connectivity index (χ3v) is 7.83. The number of hydrogen-bond acceptors (Lipinski definition) is 5. The van der Waals surface area contributed by atoms with Crippen molar-refractivity contribution in [1.82, 2.24) is 0 Å². The first-order valence-electron chi connectivity index (χ1n) is 11.9. The fraction of sp³-hybridized carbons (Fsp3) is 0.481. The molecule has 2 aliphatic carbocycles. The van der Waals surface area contributed by atoms with Gasteiger partial charge in [0.25, 0.3) is 10.1 Å². The molecule has 7 nitrogen and oxygen atoms in total. The van der Waals surface area contributed by atoms with Crippen molar-refractivity contribution in [2.45, 2.75) is 46.5 Å². The molecule has 2 aromatic rings. The molecule has 2 fully saturated rings. The van der Waals surface area contributed by atoms with Crippen LogP contribution in [-0.4, -0.2) is 33.1 Å². The average molecular weight is 499 g/mol. The molecule has 0 spiro atoms. The predicted molar refractivity (Wildman–Crippen MR) is 137 cm³/mol. The Hall–Kier alpha value is -2.71. The van der Waals surface area contributed by atoms with E-state index in [1.54, 1.807) is 0 Å². The van der Waals surface area contributed by atoms with Gasteiger partial charge in [-0.2, -0.15) is 8.42 Å². The number of amides is 2. The molecule has 2 unspecified atom stereocenters. The highest BCUT2D eigenvalue weighted by molar-refractivity contribution is 7.85. The van der Waals surface area contributed by atoms with Gasteiger partial charge in [0.05, 0.1) is 12.9 Å². The quantitative estimate of drug-likeness (QED) is 0.485. The zero-order valence-corrected chi connectivity index (χ0v) is 21.7. The summed E-state index contributed by atoms with van der Waals surface area (Å²) in [6.45, 7) is 8.27. The third kappa shape index (κ3) is 6.30. The third-order valence-electron chi connectivity index (χ3n) is 7.27. The summed E-state index contributed by atoms with van der Waals surface area (Å²) >= 11 is 0. The summed E-state index contributed by atoms with van der Waals surface area (Å²) < 4.78 is 28.5. The van der Waals surface area contributed by atoms with Crippen LogP contribution in [0.15, 0.2) is 48.5 Å². The van der Waals surface area contributed by atoms with E-state index in [0.29, 0.717) is 11.4 Å². The minimum Gasteiger partial charge on any atom is -0.326 e. The normalized spacial score (nSPS) is 22.7. The van der Waals surface area contributed by atoms with Crippen LogP contribution in [0.3, 0.4) is 0 Å². The summed E-state index contributed by atoms with van der Waals surface area (Å²) in [5, 5.41) is 5.92. The monoisotopic (exact) mass is 498 g/mol. The summed E-state index contributed by atoms with van der Waals surface area (Å²) in [5.74, 6) is -0.242. The highest BCUT2D eigenvalue weighted by Crippen LogP contribution is 2.52. The van der Waals surface area contributed by atoms with E-state index in [2.05, 4.69) is 38.3 Å². The van der Waals surface area contributed by atoms with E-state index in [-0.39, 0.29) is 47.0 Å². The van der Waals surface area contributed by atoms with Gasteiger partial charge in [-0.3, -0.25) is 13.8 Å². The van der Waals surface area contributed by atoms with Gasteiger partial charge in [-0.1, -0.05) is 52.0 Å². The largest absolute Gasteiger partial charge is 0.326 e. The summed E-state index contributed by atoms with van der Waals surface area (Å²) in [5.41, 5.74) is 3.22. The molecule has 4 rings (SSSR count). The van der Waals surface area contributed by atoms with Gasteiger partial charge in [-0.05, 0) is 59.1 Å². The van der Waals surface area contributed by atoms with Gasteiger partial charge in [0.1, 0.15) is 0 Å². The SMILES string of the molecule is CC1(C)CC1C(=O)Nc1ccc(C(COS(C)(=O)=O)c2ccc(NC(=O)C3CC3(C)C)cc2)cc1. The van der Waals surface area contributed by atoms with Crippen LogP contribution in [0.4, 0.5) is 11.4 Å². The van der Waals surface area contributed by atoms with Crippen molar-refractivity contribution in [1.29, 1.82) is 0 Å². The number of rotatable bonds is 9. The standard InChI is InChI=1S/C27H34N2O5S/c1-26(2)14-22(26)24(30)28-19-10-6-17(7-11-19)21(16-34-35(5,32)33)18-8-12-20(13-9-18)29-25(31)23-15-27(23,3)4/h6-13,21-23H,14-16H2,1-5H3,(H,28,30)(H,29,31). The summed E-state index contributed by atoms with van der Waals surface area (Å²) in [7, 11) is -3.62. The van der Waals surface area contributed by atoms with Crippen molar-refractivity contribution in [3.8, 4) is 0 Å². The number of carbonyl (C=O) groups is 2. The smallest absolute Gasteiger partial charge is 0.264 e. The van der Waals surface area contributed by atoms with Crippen LogP contribution < -0.4 is 10.6 Å². The van der Waals surface area contributed by atoms with Crippen LogP contribution in [0.25, 0.3) is 0 Å². The summed E-state index contributed by atoms with van der Waals surface area (Å²) in [6, 6.07) is 14.8. The van der Waals surface area contributed by atoms with Crippen molar-refractivity contribution in [3.05, 3.63) is 59.7 Å². The first-order chi connectivity index (χ1) is 16.2. The Bertz CT molecular complexity index is 1140. The number of hydrogen-bond donors (Lipinski definition) is 2. The van der Waals surface area contributed by atoms with Crippen LogP contribution in [0, 0.1) is 22.7 Å². The molecule has 0 aliphatic heterocycles. The van der Waals surface area contributed by atoms with Crippen molar-refractivity contribution in [2.75, 3.05) is 23.5 Å². The average Bonchev–Trinajstić information content (AvgIpc) is 3.62. The lowest BCUT2D eigenvalue weighted by Gasteiger charge is -2.19. The second-order valence-corrected chi connectivity index (χ2v) is 12.9. The molecule has 2 saturated carbocycles. The molecule has 188 valence electrons.